The zero-order chi connectivity index (χ0) is 17.5. The monoisotopic (exact) mass is 328 g/mol. The minimum atomic E-state index is -0.610. The molecule has 0 aliphatic rings. The summed E-state index contributed by atoms with van der Waals surface area (Å²) in [6, 6.07) is 13.5. The molecule has 1 unspecified atom stereocenters. The molecule has 0 aliphatic heterocycles. The average Bonchev–Trinajstić information content (AvgIpc) is 2.59. The molecule has 2 amide bonds. The van der Waals surface area contributed by atoms with Crippen molar-refractivity contribution in [1.29, 1.82) is 0 Å². The van der Waals surface area contributed by atoms with Gasteiger partial charge in [0.05, 0.1) is 18.2 Å². The number of carbonyl (C=O) groups excluding carboxylic acids is 2. The van der Waals surface area contributed by atoms with Crippen LogP contribution in [0.5, 0.6) is 0 Å². The second kappa shape index (κ2) is 8.24. The Kier molecular flexibility index (Phi) is 6.07. The van der Waals surface area contributed by atoms with E-state index in [0.717, 1.165) is 17.5 Å². The van der Waals surface area contributed by atoms with Crippen molar-refractivity contribution in [3.05, 3.63) is 71.0 Å². The molecule has 0 saturated heterocycles. The number of hydrogen-bond acceptors (Lipinski definition) is 2. The van der Waals surface area contributed by atoms with Crippen LogP contribution < -0.4 is 10.6 Å². The predicted octanol–water partition coefficient (Wildman–Crippen LogP) is 3.13. The lowest BCUT2D eigenvalue weighted by atomic mass is 10.0. The molecule has 0 bridgehead atoms. The Hall–Kier alpha value is -2.69. The fourth-order valence-electron chi connectivity index (χ4n) is 2.37. The van der Waals surface area contributed by atoms with Crippen molar-refractivity contribution < 1.29 is 14.0 Å². The van der Waals surface area contributed by atoms with E-state index in [1.165, 1.54) is 18.2 Å². The van der Waals surface area contributed by atoms with Gasteiger partial charge in [0.2, 0.25) is 5.91 Å². The molecule has 0 aromatic heterocycles. The smallest absolute Gasteiger partial charge is 0.254 e. The molecule has 126 valence electrons. The van der Waals surface area contributed by atoms with E-state index in [0.29, 0.717) is 0 Å². The summed E-state index contributed by atoms with van der Waals surface area (Å²) in [4.78, 5) is 24.0. The van der Waals surface area contributed by atoms with Crippen molar-refractivity contribution in [3.8, 4) is 0 Å². The van der Waals surface area contributed by atoms with Gasteiger partial charge in [-0.25, -0.2) is 4.39 Å². The SMILES string of the molecule is CCC(NC(=O)CNC(=O)c1ccccc1F)c1ccc(C)cc1. The molecule has 0 fully saturated rings. The van der Waals surface area contributed by atoms with Crippen molar-refractivity contribution >= 4 is 11.8 Å². The molecular formula is C19H21FN2O2. The lowest BCUT2D eigenvalue weighted by Crippen LogP contribution is -2.38. The summed E-state index contributed by atoms with van der Waals surface area (Å²) in [6.07, 6.45) is 0.732. The highest BCUT2D eigenvalue weighted by Crippen LogP contribution is 2.16. The Morgan fingerprint density at radius 3 is 2.38 bits per heavy atom. The zero-order valence-corrected chi connectivity index (χ0v) is 13.8. The van der Waals surface area contributed by atoms with Gasteiger partial charge in [-0.1, -0.05) is 48.9 Å². The van der Waals surface area contributed by atoms with E-state index in [-0.39, 0.29) is 24.1 Å². The molecule has 5 heteroatoms. The fraction of sp³-hybridized carbons (Fsp3) is 0.263. The summed E-state index contributed by atoms with van der Waals surface area (Å²) in [6.45, 7) is 3.78. The Morgan fingerprint density at radius 1 is 1.08 bits per heavy atom. The third kappa shape index (κ3) is 4.65. The van der Waals surface area contributed by atoms with Gasteiger partial charge in [0.15, 0.2) is 0 Å². The van der Waals surface area contributed by atoms with Gasteiger partial charge in [-0.2, -0.15) is 0 Å². The van der Waals surface area contributed by atoms with E-state index in [1.807, 2.05) is 38.1 Å². The van der Waals surface area contributed by atoms with Crippen molar-refractivity contribution in [2.45, 2.75) is 26.3 Å². The minimum absolute atomic E-state index is 0.0733. The Balaban J connectivity index is 1.91. The summed E-state index contributed by atoms with van der Waals surface area (Å²) in [7, 11) is 0. The highest BCUT2D eigenvalue weighted by atomic mass is 19.1. The van der Waals surface area contributed by atoms with Crippen LogP contribution in [-0.2, 0) is 4.79 Å². The number of carbonyl (C=O) groups is 2. The normalized spacial score (nSPS) is 11.6. The summed E-state index contributed by atoms with van der Waals surface area (Å²) in [5, 5.41) is 5.32. The topological polar surface area (TPSA) is 58.2 Å². The van der Waals surface area contributed by atoms with Crippen molar-refractivity contribution in [3.63, 3.8) is 0 Å². The van der Waals surface area contributed by atoms with Crippen LogP contribution in [0.15, 0.2) is 48.5 Å². The first-order valence-electron chi connectivity index (χ1n) is 7.90. The largest absolute Gasteiger partial charge is 0.348 e. The van der Waals surface area contributed by atoms with Crippen molar-refractivity contribution in [2.24, 2.45) is 0 Å². The summed E-state index contributed by atoms with van der Waals surface area (Å²) in [5.41, 5.74) is 2.09. The first-order valence-corrected chi connectivity index (χ1v) is 7.90. The number of nitrogens with one attached hydrogen (secondary N) is 2. The number of benzene rings is 2. The molecule has 1 atom stereocenters. The second-order valence-electron chi connectivity index (χ2n) is 5.60. The Bertz CT molecular complexity index is 714. The van der Waals surface area contributed by atoms with E-state index in [4.69, 9.17) is 0 Å². The fourth-order valence-corrected chi connectivity index (χ4v) is 2.37. The van der Waals surface area contributed by atoms with Gasteiger partial charge in [-0.3, -0.25) is 9.59 Å². The molecule has 2 rings (SSSR count). The molecule has 0 spiro atoms. The standard InChI is InChI=1S/C19H21FN2O2/c1-3-17(14-10-8-13(2)9-11-14)22-18(23)12-21-19(24)15-6-4-5-7-16(15)20/h4-11,17H,3,12H2,1-2H3,(H,21,24)(H,22,23). The number of hydrogen-bond donors (Lipinski definition) is 2. The molecule has 2 aromatic carbocycles. The van der Waals surface area contributed by atoms with Crippen molar-refractivity contribution in [1.82, 2.24) is 10.6 Å². The number of halogens is 1. The molecule has 0 radical (unpaired) electrons. The second-order valence-corrected chi connectivity index (χ2v) is 5.60. The highest BCUT2D eigenvalue weighted by Gasteiger charge is 2.15. The Labute approximate surface area is 141 Å². The summed E-state index contributed by atoms with van der Waals surface area (Å²) in [5.74, 6) is -1.53. The van der Waals surface area contributed by atoms with Crippen molar-refractivity contribution in [2.75, 3.05) is 6.54 Å². The maximum atomic E-state index is 13.5. The van der Waals surface area contributed by atoms with Crippen LogP contribution in [0.2, 0.25) is 0 Å². The van der Waals surface area contributed by atoms with Gasteiger partial charge in [-0.05, 0) is 31.0 Å². The first kappa shape index (κ1) is 17.7. The van der Waals surface area contributed by atoms with E-state index in [1.54, 1.807) is 6.07 Å². The van der Waals surface area contributed by atoms with E-state index in [9.17, 15) is 14.0 Å². The van der Waals surface area contributed by atoms with Gasteiger partial charge < -0.3 is 10.6 Å². The number of aryl methyl sites for hydroxylation is 1. The highest BCUT2D eigenvalue weighted by molar-refractivity contribution is 5.96. The van der Waals surface area contributed by atoms with Crippen LogP contribution in [0.3, 0.4) is 0 Å². The minimum Gasteiger partial charge on any atom is -0.348 e. The van der Waals surface area contributed by atoms with Gasteiger partial charge in [0.25, 0.3) is 5.91 Å². The third-order valence-corrected chi connectivity index (χ3v) is 3.75. The number of rotatable bonds is 6. The van der Waals surface area contributed by atoms with Gasteiger partial charge in [-0.15, -0.1) is 0 Å². The third-order valence-electron chi connectivity index (χ3n) is 3.75. The van der Waals surface area contributed by atoms with E-state index < -0.39 is 11.7 Å². The zero-order valence-electron chi connectivity index (χ0n) is 13.8. The maximum absolute atomic E-state index is 13.5. The molecule has 2 N–H and O–H groups in total. The van der Waals surface area contributed by atoms with Crippen LogP contribution in [0, 0.1) is 12.7 Å². The number of amides is 2. The van der Waals surface area contributed by atoms with Crippen LogP contribution in [-0.4, -0.2) is 18.4 Å². The van der Waals surface area contributed by atoms with Crippen LogP contribution >= 0.6 is 0 Å². The summed E-state index contributed by atoms with van der Waals surface area (Å²) < 4.78 is 13.5. The Morgan fingerprint density at radius 2 is 1.75 bits per heavy atom. The maximum Gasteiger partial charge on any atom is 0.254 e. The van der Waals surface area contributed by atoms with E-state index in [2.05, 4.69) is 10.6 Å². The molecule has 0 saturated carbocycles. The lowest BCUT2D eigenvalue weighted by Gasteiger charge is -2.18. The van der Waals surface area contributed by atoms with Crippen LogP contribution in [0.1, 0.15) is 40.9 Å². The van der Waals surface area contributed by atoms with Crippen LogP contribution in [0.4, 0.5) is 4.39 Å². The van der Waals surface area contributed by atoms with Gasteiger partial charge in [0.1, 0.15) is 5.82 Å². The molecule has 0 aliphatic carbocycles. The first-order chi connectivity index (χ1) is 11.5. The molecule has 0 heterocycles. The van der Waals surface area contributed by atoms with E-state index >= 15 is 0 Å². The quantitative estimate of drug-likeness (QED) is 0.856. The molecule has 24 heavy (non-hydrogen) atoms. The van der Waals surface area contributed by atoms with Gasteiger partial charge >= 0.3 is 0 Å². The summed E-state index contributed by atoms with van der Waals surface area (Å²) >= 11 is 0. The predicted molar refractivity (Wildman–Crippen MR) is 91.1 cm³/mol. The molecular weight excluding hydrogens is 307 g/mol. The molecule has 2 aromatic rings. The van der Waals surface area contributed by atoms with Crippen LogP contribution in [0.25, 0.3) is 0 Å². The van der Waals surface area contributed by atoms with Gasteiger partial charge in [0, 0.05) is 0 Å². The molecule has 4 nitrogen and oxygen atoms in total. The average molecular weight is 328 g/mol. The lowest BCUT2D eigenvalue weighted by molar-refractivity contribution is -0.120.